The standard InChI is InChI=1S/C18H22N2S/c1-15(13-18-10-6-12-21-18)20(2)14-17-8-4-3-7-16(17)9-5-11-19/h3-4,6-8,10,12,15H,11,13-14,19H2,1-2H3. The maximum Gasteiger partial charge on any atom is 0.0555 e. The van der Waals surface area contributed by atoms with E-state index in [-0.39, 0.29) is 0 Å². The maximum absolute atomic E-state index is 5.47. The first-order chi connectivity index (χ1) is 10.2. The molecule has 0 aliphatic carbocycles. The van der Waals surface area contributed by atoms with Crippen LogP contribution in [0, 0.1) is 11.8 Å². The summed E-state index contributed by atoms with van der Waals surface area (Å²) >= 11 is 1.83. The van der Waals surface area contributed by atoms with Crippen LogP contribution in [-0.2, 0) is 13.0 Å². The van der Waals surface area contributed by atoms with Crippen molar-refractivity contribution in [2.75, 3.05) is 13.6 Å². The van der Waals surface area contributed by atoms with Crippen LogP contribution in [0.3, 0.4) is 0 Å². The third kappa shape index (κ3) is 4.71. The number of rotatable bonds is 5. The van der Waals surface area contributed by atoms with E-state index < -0.39 is 0 Å². The second-order valence-corrected chi connectivity index (χ2v) is 6.24. The Morgan fingerprint density at radius 2 is 2.05 bits per heavy atom. The molecule has 0 saturated carbocycles. The zero-order valence-electron chi connectivity index (χ0n) is 12.7. The van der Waals surface area contributed by atoms with Gasteiger partial charge in [0.2, 0.25) is 0 Å². The van der Waals surface area contributed by atoms with Gasteiger partial charge in [0.1, 0.15) is 0 Å². The molecule has 0 saturated heterocycles. The largest absolute Gasteiger partial charge is 0.320 e. The molecule has 2 aromatic rings. The van der Waals surface area contributed by atoms with Gasteiger partial charge in [-0.3, -0.25) is 4.90 Å². The molecule has 1 aromatic heterocycles. The lowest BCUT2D eigenvalue weighted by Gasteiger charge is -2.25. The molecule has 2 rings (SSSR count). The Bertz CT molecular complexity index is 608. The van der Waals surface area contributed by atoms with Crippen molar-refractivity contribution in [3.8, 4) is 11.8 Å². The van der Waals surface area contributed by atoms with Crippen molar-refractivity contribution in [1.29, 1.82) is 0 Å². The molecular weight excluding hydrogens is 276 g/mol. The number of hydrogen-bond donors (Lipinski definition) is 1. The SMILES string of the molecule is CC(Cc1cccs1)N(C)Cc1ccccc1C#CCN. The van der Waals surface area contributed by atoms with Crippen molar-refractivity contribution in [3.05, 3.63) is 57.8 Å². The lowest BCUT2D eigenvalue weighted by atomic mass is 10.1. The van der Waals surface area contributed by atoms with Gasteiger partial charge in [-0.2, -0.15) is 0 Å². The summed E-state index contributed by atoms with van der Waals surface area (Å²) in [5.41, 5.74) is 7.81. The Labute approximate surface area is 131 Å². The average molecular weight is 298 g/mol. The van der Waals surface area contributed by atoms with Gasteiger partial charge in [0.05, 0.1) is 6.54 Å². The fraction of sp³-hybridized carbons (Fsp3) is 0.333. The van der Waals surface area contributed by atoms with E-state index in [0.717, 1.165) is 18.5 Å². The lowest BCUT2D eigenvalue weighted by molar-refractivity contribution is 0.249. The van der Waals surface area contributed by atoms with Crippen molar-refractivity contribution < 1.29 is 0 Å². The van der Waals surface area contributed by atoms with Gasteiger partial charge in [0.15, 0.2) is 0 Å². The van der Waals surface area contributed by atoms with Crippen LogP contribution in [0.5, 0.6) is 0 Å². The molecule has 0 spiro atoms. The van der Waals surface area contributed by atoms with Gasteiger partial charge >= 0.3 is 0 Å². The van der Waals surface area contributed by atoms with Crippen molar-refractivity contribution in [3.63, 3.8) is 0 Å². The van der Waals surface area contributed by atoms with Crippen LogP contribution in [0.2, 0.25) is 0 Å². The summed E-state index contributed by atoms with van der Waals surface area (Å²) in [4.78, 5) is 3.81. The van der Waals surface area contributed by atoms with Crippen LogP contribution in [0.4, 0.5) is 0 Å². The molecule has 110 valence electrons. The monoisotopic (exact) mass is 298 g/mol. The molecule has 21 heavy (non-hydrogen) atoms. The zero-order valence-corrected chi connectivity index (χ0v) is 13.5. The van der Waals surface area contributed by atoms with Gasteiger partial charge in [-0.1, -0.05) is 36.1 Å². The molecule has 2 N–H and O–H groups in total. The second-order valence-electron chi connectivity index (χ2n) is 5.21. The molecule has 1 unspecified atom stereocenters. The van der Waals surface area contributed by atoms with Crippen molar-refractivity contribution in [2.24, 2.45) is 5.73 Å². The Kier molecular flexibility index (Phi) is 6.01. The average Bonchev–Trinajstić information content (AvgIpc) is 2.99. The van der Waals surface area contributed by atoms with E-state index in [1.54, 1.807) is 0 Å². The first-order valence-corrected chi connectivity index (χ1v) is 8.08. The topological polar surface area (TPSA) is 29.3 Å². The molecule has 0 fully saturated rings. The molecule has 0 radical (unpaired) electrons. The summed E-state index contributed by atoms with van der Waals surface area (Å²) < 4.78 is 0. The second kappa shape index (κ2) is 7.99. The number of hydrogen-bond acceptors (Lipinski definition) is 3. The molecule has 0 aliphatic rings. The normalized spacial score (nSPS) is 12.0. The number of thiophene rings is 1. The predicted molar refractivity (Wildman–Crippen MR) is 91.3 cm³/mol. The quantitative estimate of drug-likeness (QED) is 0.859. The molecule has 1 atom stereocenters. The minimum atomic E-state index is 0.402. The minimum Gasteiger partial charge on any atom is -0.320 e. The van der Waals surface area contributed by atoms with E-state index in [4.69, 9.17) is 5.73 Å². The van der Waals surface area contributed by atoms with Gasteiger partial charge in [0.25, 0.3) is 0 Å². The third-order valence-electron chi connectivity index (χ3n) is 3.59. The van der Waals surface area contributed by atoms with Crippen LogP contribution >= 0.6 is 11.3 Å². The fourth-order valence-electron chi connectivity index (χ4n) is 2.23. The summed E-state index contributed by atoms with van der Waals surface area (Å²) in [7, 11) is 2.17. The Morgan fingerprint density at radius 1 is 1.24 bits per heavy atom. The van der Waals surface area contributed by atoms with E-state index in [0.29, 0.717) is 12.6 Å². The Balaban J connectivity index is 2.03. The lowest BCUT2D eigenvalue weighted by Crippen LogP contribution is -2.30. The number of nitrogens with zero attached hydrogens (tertiary/aromatic N) is 1. The van der Waals surface area contributed by atoms with Gasteiger partial charge in [-0.05, 0) is 43.5 Å². The van der Waals surface area contributed by atoms with Crippen LogP contribution in [0.1, 0.15) is 22.9 Å². The zero-order chi connectivity index (χ0) is 15.1. The molecule has 1 aromatic carbocycles. The Morgan fingerprint density at radius 3 is 2.76 bits per heavy atom. The van der Waals surface area contributed by atoms with Gasteiger partial charge in [0, 0.05) is 23.0 Å². The highest BCUT2D eigenvalue weighted by Crippen LogP contribution is 2.16. The molecule has 1 heterocycles. The van der Waals surface area contributed by atoms with Gasteiger partial charge in [-0.15, -0.1) is 11.3 Å². The predicted octanol–water partition coefficient (Wildman–Crippen LogP) is 3.12. The van der Waals surface area contributed by atoms with Crippen molar-refractivity contribution in [2.45, 2.75) is 25.9 Å². The first kappa shape index (κ1) is 15.8. The molecule has 3 heteroatoms. The number of nitrogens with two attached hydrogens (primary N) is 1. The maximum atomic E-state index is 5.47. The van der Waals surface area contributed by atoms with Crippen molar-refractivity contribution in [1.82, 2.24) is 4.90 Å². The van der Waals surface area contributed by atoms with E-state index in [1.165, 1.54) is 10.4 Å². The van der Waals surface area contributed by atoms with Crippen LogP contribution in [0.15, 0.2) is 41.8 Å². The van der Waals surface area contributed by atoms with Crippen molar-refractivity contribution >= 4 is 11.3 Å². The highest BCUT2D eigenvalue weighted by Gasteiger charge is 2.12. The number of benzene rings is 1. The van der Waals surface area contributed by atoms with Crippen LogP contribution < -0.4 is 5.73 Å². The first-order valence-electron chi connectivity index (χ1n) is 7.20. The summed E-state index contributed by atoms with van der Waals surface area (Å²) in [6.07, 6.45) is 1.09. The third-order valence-corrected chi connectivity index (χ3v) is 4.49. The van der Waals surface area contributed by atoms with Gasteiger partial charge < -0.3 is 5.73 Å². The highest BCUT2D eigenvalue weighted by molar-refractivity contribution is 7.09. The Hall–Kier alpha value is -1.60. The van der Waals surface area contributed by atoms with E-state index >= 15 is 0 Å². The van der Waals surface area contributed by atoms with E-state index in [9.17, 15) is 0 Å². The number of likely N-dealkylation sites (N-methyl/N-ethyl adjacent to an activating group) is 1. The summed E-state index contributed by atoms with van der Waals surface area (Å²) in [6, 6.07) is 13.1. The molecule has 2 nitrogen and oxygen atoms in total. The molecule has 0 aliphatic heterocycles. The summed E-state index contributed by atoms with van der Waals surface area (Å²) in [5, 5.41) is 2.14. The van der Waals surface area contributed by atoms with Crippen LogP contribution in [0.25, 0.3) is 0 Å². The minimum absolute atomic E-state index is 0.402. The van der Waals surface area contributed by atoms with E-state index in [1.807, 2.05) is 17.4 Å². The smallest absolute Gasteiger partial charge is 0.0555 e. The van der Waals surface area contributed by atoms with Crippen LogP contribution in [-0.4, -0.2) is 24.5 Å². The fourth-order valence-corrected chi connectivity index (χ4v) is 3.05. The van der Waals surface area contributed by atoms with Gasteiger partial charge in [-0.25, -0.2) is 0 Å². The summed E-state index contributed by atoms with van der Waals surface area (Å²) in [6.45, 7) is 3.58. The highest BCUT2D eigenvalue weighted by atomic mass is 32.1. The van der Waals surface area contributed by atoms with E-state index in [2.05, 4.69) is 66.4 Å². The summed E-state index contributed by atoms with van der Waals surface area (Å²) in [5.74, 6) is 6.11. The molecule has 0 amide bonds. The molecule has 0 bridgehead atoms. The molecular formula is C18H22N2S.